The number of ether oxygens (including phenoxy) is 3. The van der Waals surface area contributed by atoms with Gasteiger partial charge in [-0.05, 0) is 44.0 Å². The smallest absolute Gasteiger partial charge is 0.261 e. The fourth-order valence-electron chi connectivity index (χ4n) is 3.38. The van der Waals surface area contributed by atoms with E-state index in [0.29, 0.717) is 23.1 Å². The van der Waals surface area contributed by atoms with Gasteiger partial charge in [0.2, 0.25) is 0 Å². The second kappa shape index (κ2) is 9.28. The van der Waals surface area contributed by atoms with Crippen LogP contribution in [-0.4, -0.2) is 37.3 Å². The third-order valence-electron chi connectivity index (χ3n) is 4.94. The Kier molecular flexibility index (Phi) is 6.30. The van der Waals surface area contributed by atoms with Crippen molar-refractivity contribution in [2.75, 3.05) is 25.6 Å². The van der Waals surface area contributed by atoms with Crippen LogP contribution in [-0.2, 0) is 4.74 Å². The molecule has 0 bridgehead atoms. The molecule has 0 spiro atoms. The molecular formula is C23H24N2O4S. The van der Waals surface area contributed by atoms with Crippen molar-refractivity contribution in [1.29, 1.82) is 0 Å². The van der Waals surface area contributed by atoms with E-state index in [9.17, 15) is 4.79 Å². The van der Waals surface area contributed by atoms with Gasteiger partial charge >= 0.3 is 0 Å². The highest BCUT2D eigenvalue weighted by Gasteiger charge is 2.19. The Morgan fingerprint density at radius 1 is 1.27 bits per heavy atom. The summed E-state index contributed by atoms with van der Waals surface area (Å²) >= 11 is 1.37. The Hall–Kier alpha value is -2.90. The first-order valence-corrected chi connectivity index (χ1v) is 10.8. The third-order valence-corrected chi connectivity index (χ3v) is 5.69. The van der Waals surface area contributed by atoms with Crippen molar-refractivity contribution in [3.05, 3.63) is 59.0 Å². The number of aromatic nitrogens is 1. The van der Waals surface area contributed by atoms with Gasteiger partial charge in [-0.3, -0.25) is 10.1 Å². The van der Waals surface area contributed by atoms with Gasteiger partial charge < -0.3 is 14.2 Å². The van der Waals surface area contributed by atoms with Crippen LogP contribution in [0.2, 0.25) is 0 Å². The molecule has 1 atom stereocenters. The summed E-state index contributed by atoms with van der Waals surface area (Å²) in [4.78, 5) is 17.5. The zero-order chi connectivity index (χ0) is 20.9. The van der Waals surface area contributed by atoms with Gasteiger partial charge in [-0.25, -0.2) is 4.98 Å². The average Bonchev–Trinajstić information content (AvgIpc) is 3.44. The molecule has 4 rings (SSSR count). The number of nitrogens with zero attached hydrogens (tertiary/aromatic N) is 1. The number of thiazole rings is 1. The van der Waals surface area contributed by atoms with Crippen LogP contribution in [0.15, 0.2) is 47.8 Å². The molecule has 1 aromatic heterocycles. The topological polar surface area (TPSA) is 69.7 Å². The number of rotatable bonds is 7. The fraction of sp³-hybridized carbons (Fsp3) is 0.304. The SMILES string of the molecule is COc1ccc(C)cc1-c1csc(NC(=O)c2ccccc2OCC2CCCO2)n1. The van der Waals surface area contributed by atoms with Crippen LogP contribution in [0.5, 0.6) is 11.5 Å². The number of amides is 1. The Morgan fingerprint density at radius 3 is 2.93 bits per heavy atom. The molecule has 1 saturated heterocycles. The maximum atomic E-state index is 12.9. The van der Waals surface area contributed by atoms with E-state index < -0.39 is 0 Å². The Labute approximate surface area is 179 Å². The number of carbonyl (C=O) groups excluding carboxylic acids is 1. The fourth-order valence-corrected chi connectivity index (χ4v) is 4.09. The van der Waals surface area contributed by atoms with Crippen molar-refractivity contribution < 1.29 is 19.0 Å². The number of para-hydroxylation sites is 1. The standard InChI is InChI=1S/C23H24N2O4S/c1-15-9-10-20(27-2)18(12-15)19-14-30-23(24-19)25-22(26)17-7-3-4-8-21(17)29-13-16-6-5-11-28-16/h3-4,7-10,12,14,16H,5-6,11,13H2,1-2H3,(H,24,25,26). The predicted octanol–water partition coefficient (Wildman–Crippen LogP) is 4.94. The van der Waals surface area contributed by atoms with E-state index in [1.807, 2.05) is 42.6 Å². The molecule has 1 unspecified atom stereocenters. The van der Waals surface area contributed by atoms with Crippen molar-refractivity contribution >= 4 is 22.4 Å². The van der Waals surface area contributed by atoms with Crippen LogP contribution >= 0.6 is 11.3 Å². The largest absolute Gasteiger partial charge is 0.496 e. The molecule has 6 nitrogen and oxygen atoms in total. The second-order valence-electron chi connectivity index (χ2n) is 7.14. The van der Waals surface area contributed by atoms with Crippen LogP contribution in [0, 0.1) is 6.92 Å². The molecule has 3 aromatic rings. The Balaban J connectivity index is 1.48. The molecule has 1 amide bonds. The summed E-state index contributed by atoms with van der Waals surface area (Å²) in [7, 11) is 1.64. The molecule has 1 fully saturated rings. The predicted molar refractivity (Wildman–Crippen MR) is 118 cm³/mol. The van der Waals surface area contributed by atoms with Crippen molar-refractivity contribution in [2.45, 2.75) is 25.9 Å². The van der Waals surface area contributed by atoms with Gasteiger partial charge in [0.25, 0.3) is 5.91 Å². The molecule has 1 aliphatic heterocycles. The minimum atomic E-state index is -0.255. The molecular weight excluding hydrogens is 400 g/mol. The average molecular weight is 425 g/mol. The van der Waals surface area contributed by atoms with Crippen molar-refractivity contribution in [3.8, 4) is 22.8 Å². The molecule has 1 N–H and O–H groups in total. The maximum absolute atomic E-state index is 12.9. The third kappa shape index (κ3) is 4.63. The van der Waals surface area contributed by atoms with Crippen molar-refractivity contribution in [1.82, 2.24) is 4.98 Å². The lowest BCUT2D eigenvalue weighted by Crippen LogP contribution is -2.19. The van der Waals surface area contributed by atoms with E-state index in [0.717, 1.165) is 42.0 Å². The first-order valence-electron chi connectivity index (χ1n) is 9.89. The summed E-state index contributed by atoms with van der Waals surface area (Å²) in [5.41, 5.74) is 3.25. The number of aryl methyl sites for hydroxylation is 1. The first kappa shape index (κ1) is 20.4. The molecule has 156 valence electrons. The first-order chi connectivity index (χ1) is 14.6. The minimum Gasteiger partial charge on any atom is -0.496 e. The molecule has 2 heterocycles. The quantitative estimate of drug-likeness (QED) is 0.582. The van der Waals surface area contributed by atoms with Crippen LogP contribution < -0.4 is 14.8 Å². The molecule has 1 aliphatic rings. The van der Waals surface area contributed by atoms with Gasteiger partial charge in [0.05, 0.1) is 24.5 Å². The number of carbonyl (C=O) groups is 1. The summed E-state index contributed by atoms with van der Waals surface area (Å²) in [6.07, 6.45) is 2.12. The van der Waals surface area contributed by atoms with E-state index >= 15 is 0 Å². The number of hydrogen-bond acceptors (Lipinski definition) is 6. The maximum Gasteiger partial charge on any atom is 0.261 e. The number of anilines is 1. The molecule has 30 heavy (non-hydrogen) atoms. The zero-order valence-electron chi connectivity index (χ0n) is 17.0. The van der Waals surface area contributed by atoms with Crippen molar-refractivity contribution in [2.24, 2.45) is 0 Å². The minimum absolute atomic E-state index is 0.0898. The van der Waals surface area contributed by atoms with E-state index in [-0.39, 0.29) is 12.0 Å². The lowest BCUT2D eigenvalue weighted by atomic mass is 10.1. The van der Waals surface area contributed by atoms with Gasteiger partial charge in [-0.2, -0.15) is 0 Å². The summed E-state index contributed by atoms with van der Waals surface area (Å²) in [5.74, 6) is 1.04. The highest BCUT2D eigenvalue weighted by atomic mass is 32.1. The molecule has 7 heteroatoms. The molecule has 0 saturated carbocycles. The second-order valence-corrected chi connectivity index (χ2v) is 8.00. The summed E-state index contributed by atoms with van der Waals surface area (Å²) in [6.45, 7) is 3.23. The Bertz CT molecular complexity index is 1030. The molecule has 0 aliphatic carbocycles. The highest BCUT2D eigenvalue weighted by molar-refractivity contribution is 7.14. The van der Waals surface area contributed by atoms with Gasteiger partial charge in [0, 0.05) is 17.6 Å². The van der Waals surface area contributed by atoms with Gasteiger partial charge in [-0.1, -0.05) is 23.8 Å². The summed E-state index contributed by atoms with van der Waals surface area (Å²) in [6, 6.07) is 13.2. The van der Waals surface area contributed by atoms with Crippen LogP contribution in [0.3, 0.4) is 0 Å². The van der Waals surface area contributed by atoms with Gasteiger partial charge in [0.1, 0.15) is 18.1 Å². The van der Waals surface area contributed by atoms with E-state index in [4.69, 9.17) is 14.2 Å². The van der Waals surface area contributed by atoms with E-state index in [2.05, 4.69) is 10.3 Å². The van der Waals surface area contributed by atoms with E-state index in [1.165, 1.54) is 11.3 Å². The van der Waals surface area contributed by atoms with Gasteiger partial charge in [-0.15, -0.1) is 11.3 Å². The summed E-state index contributed by atoms with van der Waals surface area (Å²) in [5, 5.41) is 5.32. The normalized spacial score (nSPS) is 15.7. The number of nitrogens with one attached hydrogen (secondary N) is 1. The number of methoxy groups -OCH3 is 1. The van der Waals surface area contributed by atoms with E-state index in [1.54, 1.807) is 19.2 Å². The van der Waals surface area contributed by atoms with Crippen molar-refractivity contribution in [3.63, 3.8) is 0 Å². The lowest BCUT2D eigenvalue weighted by Gasteiger charge is -2.14. The lowest BCUT2D eigenvalue weighted by molar-refractivity contribution is 0.0673. The Morgan fingerprint density at radius 2 is 2.13 bits per heavy atom. The zero-order valence-corrected chi connectivity index (χ0v) is 17.8. The monoisotopic (exact) mass is 424 g/mol. The highest BCUT2D eigenvalue weighted by Crippen LogP contribution is 2.33. The van der Waals surface area contributed by atoms with Crippen LogP contribution in [0.25, 0.3) is 11.3 Å². The van der Waals surface area contributed by atoms with Crippen LogP contribution in [0.4, 0.5) is 5.13 Å². The van der Waals surface area contributed by atoms with Gasteiger partial charge in [0.15, 0.2) is 5.13 Å². The summed E-state index contributed by atoms with van der Waals surface area (Å²) < 4.78 is 16.9. The number of hydrogen-bond donors (Lipinski definition) is 1. The van der Waals surface area contributed by atoms with Crippen LogP contribution in [0.1, 0.15) is 28.8 Å². The number of benzene rings is 2. The molecule has 2 aromatic carbocycles. The molecule has 0 radical (unpaired) electrons.